The maximum absolute atomic E-state index is 4.33. The van der Waals surface area contributed by atoms with E-state index < -0.39 is 0 Å². The monoisotopic (exact) mass is 245 g/mol. The lowest BCUT2D eigenvalue weighted by atomic mass is 10.1. The minimum Gasteiger partial charge on any atom is -0.346 e. The zero-order chi connectivity index (χ0) is 13.1. The fourth-order valence-corrected chi connectivity index (χ4v) is 2.58. The summed E-state index contributed by atoms with van der Waals surface area (Å²) in [7, 11) is 0. The molecule has 0 saturated carbocycles. The van der Waals surface area contributed by atoms with Gasteiger partial charge in [-0.05, 0) is 51.8 Å². The van der Waals surface area contributed by atoms with Gasteiger partial charge in [-0.3, -0.25) is 4.90 Å². The van der Waals surface area contributed by atoms with Gasteiger partial charge < -0.3 is 4.98 Å². The van der Waals surface area contributed by atoms with E-state index in [-0.39, 0.29) is 0 Å². The average molecular weight is 245 g/mol. The molecular formula is C15H23N3. The molecule has 0 saturated heterocycles. The van der Waals surface area contributed by atoms with Crippen molar-refractivity contribution in [3.63, 3.8) is 0 Å². The molecule has 0 radical (unpaired) electrons. The van der Waals surface area contributed by atoms with Crippen molar-refractivity contribution in [3.8, 4) is 0 Å². The second kappa shape index (κ2) is 5.53. The largest absolute Gasteiger partial charge is 0.346 e. The second-order valence-corrected chi connectivity index (χ2v) is 5.39. The Labute approximate surface area is 109 Å². The third-order valence-electron chi connectivity index (χ3n) is 3.50. The van der Waals surface area contributed by atoms with Gasteiger partial charge in [0.1, 0.15) is 5.65 Å². The number of rotatable bonds is 5. The molecule has 0 bridgehead atoms. The average Bonchev–Trinajstić information content (AvgIpc) is 2.72. The van der Waals surface area contributed by atoms with E-state index in [1.807, 2.05) is 12.3 Å². The van der Waals surface area contributed by atoms with Crippen molar-refractivity contribution in [1.82, 2.24) is 14.9 Å². The summed E-state index contributed by atoms with van der Waals surface area (Å²) < 4.78 is 0. The first-order valence-corrected chi connectivity index (χ1v) is 6.76. The van der Waals surface area contributed by atoms with E-state index in [4.69, 9.17) is 0 Å². The van der Waals surface area contributed by atoms with E-state index in [1.54, 1.807) is 0 Å². The number of hydrogen-bond acceptors (Lipinski definition) is 2. The molecule has 0 aliphatic heterocycles. The Hall–Kier alpha value is -1.35. The SMILES string of the molecule is CC(C)N(CCc1c[nH]c2ncccc12)C(C)C. The van der Waals surface area contributed by atoms with Crippen molar-refractivity contribution < 1.29 is 0 Å². The molecule has 2 heterocycles. The predicted molar refractivity (Wildman–Crippen MR) is 76.8 cm³/mol. The lowest BCUT2D eigenvalue weighted by Gasteiger charge is -2.30. The van der Waals surface area contributed by atoms with Crippen LogP contribution in [0.2, 0.25) is 0 Å². The number of nitrogens with zero attached hydrogens (tertiary/aromatic N) is 2. The summed E-state index contributed by atoms with van der Waals surface area (Å²) in [5.41, 5.74) is 2.36. The number of aromatic nitrogens is 2. The summed E-state index contributed by atoms with van der Waals surface area (Å²) >= 11 is 0. The zero-order valence-electron chi connectivity index (χ0n) is 11.8. The highest BCUT2D eigenvalue weighted by Gasteiger charge is 2.14. The summed E-state index contributed by atoms with van der Waals surface area (Å²) in [6, 6.07) is 5.33. The topological polar surface area (TPSA) is 31.9 Å². The smallest absolute Gasteiger partial charge is 0.137 e. The fourth-order valence-electron chi connectivity index (χ4n) is 2.58. The van der Waals surface area contributed by atoms with Crippen LogP contribution in [0.1, 0.15) is 33.3 Å². The van der Waals surface area contributed by atoms with E-state index in [0.717, 1.165) is 18.6 Å². The minimum absolute atomic E-state index is 0.591. The molecule has 2 aromatic heterocycles. The van der Waals surface area contributed by atoms with E-state index in [2.05, 4.69) is 54.8 Å². The van der Waals surface area contributed by atoms with Crippen molar-refractivity contribution >= 4 is 11.0 Å². The van der Waals surface area contributed by atoms with Gasteiger partial charge in [-0.25, -0.2) is 4.98 Å². The van der Waals surface area contributed by atoms with Crippen LogP contribution in [0.3, 0.4) is 0 Å². The molecule has 0 fully saturated rings. The molecule has 2 aromatic rings. The first kappa shape index (κ1) is 13.1. The van der Waals surface area contributed by atoms with E-state index >= 15 is 0 Å². The number of fused-ring (bicyclic) bond motifs is 1. The number of H-pyrrole nitrogens is 1. The van der Waals surface area contributed by atoms with Gasteiger partial charge in [0.25, 0.3) is 0 Å². The van der Waals surface area contributed by atoms with E-state index in [1.165, 1.54) is 10.9 Å². The molecule has 0 spiro atoms. The van der Waals surface area contributed by atoms with Crippen LogP contribution in [-0.4, -0.2) is 33.5 Å². The molecule has 0 aliphatic rings. The van der Waals surface area contributed by atoms with Crippen LogP contribution in [0.15, 0.2) is 24.5 Å². The Morgan fingerprint density at radius 3 is 2.61 bits per heavy atom. The molecule has 1 N–H and O–H groups in total. The lowest BCUT2D eigenvalue weighted by Crippen LogP contribution is -2.38. The molecule has 0 unspecified atom stereocenters. The maximum Gasteiger partial charge on any atom is 0.137 e. The van der Waals surface area contributed by atoms with Crippen LogP contribution in [0, 0.1) is 0 Å². The zero-order valence-corrected chi connectivity index (χ0v) is 11.8. The molecule has 3 nitrogen and oxygen atoms in total. The highest BCUT2D eigenvalue weighted by atomic mass is 15.2. The van der Waals surface area contributed by atoms with E-state index in [9.17, 15) is 0 Å². The van der Waals surface area contributed by atoms with Crippen molar-refractivity contribution in [2.45, 2.75) is 46.2 Å². The molecule has 0 aromatic carbocycles. The van der Waals surface area contributed by atoms with Gasteiger partial charge in [-0.2, -0.15) is 0 Å². The Kier molecular flexibility index (Phi) is 4.02. The van der Waals surface area contributed by atoms with Crippen LogP contribution in [0.25, 0.3) is 11.0 Å². The van der Waals surface area contributed by atoms with Crippen LogP contribution in [-0.2, 0) is 6.42 Å². The quantitative estimate of drug-likeness (QED) is 0.877. The number of hydrogen-bond donors (Lipinski definition) is 1. The fraction of sp³-hybridized carbons (Fsp3) is 0.533. The molecule has 0 aliphatic carbocycles. The van der Waals surface area contributed by atoms with Crippen molar-refractivity contribution in [3.05, 3.63) is 30.1 Å². The maximum atomic E-state index is 4.33. The molecular weight excluding hydrogens is 222 g/mol. The number of nitrogens with one attached hydrogen (secondary N) is 1. The number of aromatic amines is 1. The van der Waals surface area contributed by atoms with Crippen molar-refractivity contribution in [1.29, 1.82) is 0 Å². The molecule has 0 amide bonds. The van der Waals surface area contributed by atoms with Gasteiger partial charge in [0.05, 0.1) is 0 Å². The highest BCUT2D eigenvalue weighted by Crippen LogP contribution is 2.17. The highest BCUT2D eigenvalue weighted by molar-refractivity contribution is 5.79. The lowest BCUT2D eigenvalue weighted by molar-refractivity contribution is 0.177. The molecule has 0 atom stereocenters. The molecule has 98 valence electrons. The van der Waals surface area contributed by atoms with Gasteiger partial charge in [-0.1, -0.05) is 0 Å². The summed E-state index contributed by atoms with van der Waals surface area (Å²) in [4.78, 5) is 10.1. The van der Waals surface area contributed by atoms with Crippen LogP contribution >= 0.6 is 0 Å². The number of pyridine rings is 1. The van der Waals surface area contributed by atoms with Gasteiger partial charge >= 0.3 is 0 Å². The third-order valence-corrected chi connectivity index (χ3v) is 3.50. The predicted octanol–water partition coefficient (Wildman–Crippen LogP) is 3.22. The van der Waals surface area contributed by atoms with Crippen LogP contribution in [0.5, 0.6) is 0 Å². The summed E-state index contributed by atoms with van der Waals surface area (Å²) in [5.74, 6) is 0. The Bertz CT molecular complexity index is 491. The Morgan fingerprint density at radius 1 is 1.22 bits per heavy atom. The van der Waals surface area contributed by atoms with Crippen molar-refractivity contribution in [2.24, 2.45) is 0 Å². The standard InChI is InChI=1S/C15H23N3/c1-11(2)18(12(3)4)9-7-13-10-17-15-14(13)6-5-8-16-15/h5-6,8,10-12H,7,9H2,1-4H3,(H,16,17). The van der Waals surface area contributed by atoms with Gasteiger partial charge in [0.15, 0.2) is 0 Å². The Morgan fingerprint density at radius 2 is 1.94 bits per heavy atom. The summed E-state index contributed by atoms with van der Waals surface area (Å²) in [6.07, 6.45) is 5.00. The van der Waals surface area contributed by atoms with Gasteiger partial charge in [0.2, 0.25) is 0 Å². The normalized spacial score (nSPS) is 12.2. The van der Waals surface area contributed by atoms with Crippen LogP contribution < -0.4 is 0 Å². The molecule has 2 rings (SSSR count). The minimum atomic E-state index is 0.591. The first-order valence-electron chi connectivity index (χ1n) is 6.76. The first-order chi connectivity index (χ1) is 8.59. The Balaban J connectivity index is 2.10. The second-order valence-electron chi connectivity index (χ2n) is 5.39. The van der Waals surface area contributed by atoms with E-state index in [0.29, 0.717) is 12.1 Å². The molecule has 3 heteroatoms. The third kappa shape index (κ3) is 2.72. The van der Waals surface area contributed by atoms with Gasteiger partial charge in [-0.15, -0.1) is 0 Å². The summed E-state index contributed by atoms with van der Waals surface area (Å²) in [6.45, 7) is 10.1. The van der Waals surface area contributed by atoms with Crippen LogP contribution in [0.4, 0.5) is 0 Å². The van der Waals surface area contributed by atoms with Crippen molar-refractivity contribution in [2.75, 3.05) is 6.54 Å². The molecule has 18 heavy (non-hydrogen) atoms. The summed E-state index contributed by atoms with van der Waals surface area (Å²) in [5, 5.41) is 1.25. The van der Waals surface area contributed by atoms with Gasteiger partial charge in [0, 0.05) is 36.4 Å².